The van der Waals surface area contributed by atoms with Gasteiger partial charge in [0.1, 0.15) is 6.54 Å². The summed E-state index contributed by atoms with van der Waals surface area (Å²) in [7, 11) is 0. The molecule has 0 heterocycles. The number of halogens is 3. The van der Waals surface area contributed by atoms with Gasteiger partial charge in [-0.15, -0.1) is 0 Å². The van der Waals surface area contributed by atoms with E-state index in [-0.39, 0.29) is 18.3 Å². The lowest BCUT2D eigenvalue weighted by Crippen LogP contribution is -2.39. The fourth-order valence-corrected chi connectivity index (χ4v) is 1.20. The topological polar surface area (TPSA) is 27.1 Å². The molecule has 0 amide bonds. The van der Waals surface area contributed by atoms with E-state index in [1.54, 1.807) is 6.92 Å². The normalized spacial score (nSPS) is 17.2. The summed E-state index contributed by atoms with van der Waals surface area (Å²) < 4.78 is 36.0. The van der Waals surface area contributed by atoms with Gasteiger partial charge in [-0.3, -0.25) is 5.41 Å². The van der Waals surface area contributed by atoms with Crippen LogP contribution in [-0.2, 0) is 0 Å². The number of nitrogens with zero attached hydrogens (tertiary/aromatic N) is 1. The van der Waals surface area contributed by atoms with Gasteiger partial charge in [0.25, 0.3) is 0 Å². The molecule has 0 aromatic rings. The van der Waals surface area contributed by atoms with Crippen LogP contribution in [0.1, 0.15) is 19.8 Å². The summed E-state index contributed by atoms with van der Waals surface area (Å²) >= 11 is 0. The number of nitrogens with one attached hydrogen (secondary N) is 1. The molecule has 0 aromatic heterocycles. The van der Waals surface area contributed by atoms with Crippen LogP contribution in [0.25, 0.3) is 0 Å². The predicted octanol–water partition coefficient (Wildman–Crippen LogP) is 2.26. The maximum Gasteiger partial charge on any atom is 0.405 e. The second kappa shape index (κ2) is 3.55. The van der Waals surface area contributed by atoms with Crippen molar-refractivity contribution in [3.05, 3.63) is 0 Å². The molecule has 0 saturated heterocycles. The van der Waals surface area contributed by atoms with Crippen LogP contribution < -0.4 is 0 Å². The third-order valence-corrected chi connectivity index (χ3v) is 2.06. The fraction of sp³-hybridized carbons (Fsp3) is 0.875. The molecular weight excluding hydrogens is 181 g/mol. The van der Waals surface area contributed by atoms with Gasteiger partial charge in [-0.2, -0.15) is 13.2 Å². The highest BCUT2D eigenvalue weighted by molar-refractivity contribution is 5.83. The van der Waals surface area contributed by atoms with Crippen LogP contribution in [0.2, 0.25) is 0 Å². The Kier molecular flexibility index (Phi) is 2.83. The smallest absolute Gasteiger partial charge is 0.351 e. The van der Waals surface area contributed by atoms with Gasteiger partial charge in [0, 0.05) is 12.5 Å². The molecule has 5 heteroatoms. The van der Waals surface area contributed by atoms with Gasteiger partial charge >= 0.3 is 6.18 Å². The fourth-order valence-electron chi connectivity index (χ4n) is 1.20. The molecule has 2 nitrogen and oxygen atoms in total. The van der Waals surface area contributed by atoms with Crippen molar-refractivity contribution >= 4 is 5.84 Å². The number of hydrogen-bond acceptors (Lipinski definition) is 1. The Morgan fingerprint density at radius 2 is 2.00 bits per heavy atom. The van der Waals surface area contributed by atoms with Crippen LogP contribution >= 0.6 is 0 Å². The lowest BCUT2D eigenvalue weighted by atomic mass is 10.3. The summed E-state index contributed by atoms with van der Waals surface area (Å²) in [5.74, 6) is 0.238. The minimum Gasteiger partial charge on any atom is -0.351 e. The first-order valence-corrected chi connectivity index (χ1v) is 4.34. The molecule has 0 radical (unpaired) electrons. The monoisotopic (exact) mass is 194 g/mol. The molecule has 1 N–H and O–H groups in total. The van der Waals surface area contributed by atoms with Gasteiger partial charge in [0.05, 0.1) is 5.84 Å². The molecule has 0 spiro atoms. The molecule has 0 aliphatic heterocycles. The molecule has 0 bridgehead atoms. The van der Waals surface area contributed by atoms with Crippen molar-refractivity contribution in [2.75, 3.05) is 13.1 Å². The summed E-state index contributed by atoms with van der Waals surface area (Å²) in [5, 5.41) is 7.47. The van der Waals surface area contributed by atoms with E-state index >= 15 is 0 Å². The molecule has 1 aliphatic rings. The Morgan fingerprint density at radius 1 is 1.46 bits per heavy atom. The summed E-state index contributed by atoms with van der Waals surface area (Å²) in [5.41, 5.74) is 0. The first-order chi connectivity index (χ1) is 5.94. The third kappa shape index (κ3) is 3.24. The van der Waals surface area contributed by atoms with Crippen LogP contribution in [0, 0.1) is 11.3 Å². The first-order valence-electron chi connectivity index (χ1n) is 4.34. The van der Waals surface area contributed by atoms with Crippen molar-refractivity contribution in [2.24, 2.45) is 5.92 Å². The van der Waals surface area contributed by atoms with Crippen LogP contribution in [0.15, 0.2) is 0 Å². The van der Waals surface area contributed by atoms with Crippen LogP contribution in [-0.4, -0.2) is 30.0 Å². The molecule has 0 aromatic carbocycles. The summed E-state index contributed by atoms with van der Waals surface area (Å²) in [6.45, 7) is 0.913. The zero-order valence-corrected chi connectivity index (χ0v) is 7.49. The molecule has 0 unspecified atom stereocenters. The molecule has 13 heavy (non-hydrogen) atoms. The highest BCUT2D eigenvalue weighted by Gasteiger charge is 2.36. The van der Waals surface area contributed by atoms with Gasteiger partial charge in [0.15, 0.2) is 0 Å². The molecule has 1 fully saturated rings. The van der Waals surface area contributed by atoms with Gasteiger partial charge in [0.2, 0.25) is 0 Å². The summed E-state index contributed by atoms with van der Waals surface area (Å²) in [6.07, 6.45) is -2.46. The SMILES string of the molecule is CCN(CC(F)(F)F)C(=N)C1CC1. The number of hydrogen-bond donors (Lipinski definition) is 1. The lowest BCUT2D eigenvalue weighted by molar-refractivity contribution is -0.137. The zero-order valence-electron chi connectivity index (χ0n) is 7.49. The average molecular weight is 194 g/mol. The second-order valence-electron chi connectivity index (χ2n) is 3.29. The maximum absolute atomic E-state index is 12.0. The van der Waals surface area contributed by atoms with Crippen molar-refractivity contribution in [1.82, 2.24) is 4.90 Å². The Balaban J connectivity index is 2.46. The first kappa shape index (κ1) is 10.3. The minimum absolute atomic E-state index is 0.0855. The summed E-state index contributed by atoms with van der Waals surface area (Å²) in [6, 6.07) is 0. The number of rotatable bonds is 3. The van der Waals surface area contributed by atoms with E-state index in [9.17, 15) is 13.2 Å². The predicted molar refractivity (Wildman–Crippen MR) is 43.8 cm³/mol. The molecule has 76 valence electrons. The lowest BCUT2D eigenvalue weighted by Gasteiger charge is -2.24. The van der Waals surface area contributed by atoms with Crippen molar-refractivity contribution in [3.8, 4) is 0 Å². The Hall–Kier alpha value is -0.740. The van der Waals surface area contributed by atoms with E-state index in [1.807, 2.05) is 0 Å². The van der Waals surface area contributed by atoms with Gasteiger partial charge in [-0.25, -0.2) is 0 Å². The Morgan fingerprint density at radius 3 is 2.31 bits per heavy atom. The maximum atomic E-state index is 12.0. The van der Waals surface area contributed by atoms with E-state index < -0.39 is 12.7 Å². The Bertz CT molecular complexity index is 196. The molecular formula is C8H13F3N2. The van der Waals surface area contributed by atoms with Crippen LogP contribution in [0.3, 0.4) is 0 Å². The van der Waals surface area contributed by atoms with Crippen molar-refractivity contribution in [3.63, 3.8) is 0 Å². The zero-order chi connectivity index (χ0) is 10.1. The highest BCUT2D eigenvalue weighted by atomic mass is 19.4. The molecule has 1 aliphatic carbocycles. The van der Waals surface area contributed by atoms with Crippen molar-refractivity contribution in [1.29, 1.82) is 5.41 Å². The molecule has 1 saturated carbocycles. The van der Waals surface area contributed by atoms with Gasteiger partial charge < -0.3 is 4.90 Å². The average Bonchev–Trinajstić information content (AvgIpc) is 2.79. The number of amidine groups is 1. The van der Waals surface area contributed by atoms with Gasteiger partial charge in [-0.1, -0.05) is 0 Å². The van der Waals surface area contributed by atoms with E-state index in [0.717, 1.165) is 17.7 Å². The van der Waals surface area contributed by atoms with E-state index in [1.165, 1.54) is 0 Å². The van der Waals surface area contributed by atoms with Crippen molar-refractivity contribution < 1.29 is 13.2 Å². The van der Waals surface area contributed by atoms with E-state index in [2.05, 4.69) is 0 Å². The van der Waals surface area contributed by atoms with E-state index in [4.69, 9.17) is 5.41 Å². The quantitative estimate of drug-likeness (QED) is 0.541. The van der Waals surface area contributed by atoms with Crippen molar-refractivity contribution in [2.45, 2.75) is 25.9 Å². The highest BCUT2D eigenvalue weighted by Crippen LogP contribution is 2.32. The largest absolute Gasteiger partial charge is 0.405 e. The summed E-state index contributed by atoms with van der Waals surface area (Å²) in [4.78, 5) is 1.09. The molecule has 1 rings (SSSR count). The molecule has 0 atom stereocenters. The number of alkyl halides is 3. The second-order valence-corrected chi connectivity index (χ2v) is 3.29. The standard InChI is InChI=1S/C8H13F3N2/c1-2-13(5-8(9,10)11)7(12)6-3-4-6/h6,12H,2-5H2,1H3. The van der Waals surface area contributed by atoms with E-state index in [0.29, 0.717) is 0 Å². The minimum atomic E-state index is -4.20. The van der Waals surface area contributed by atoms with Gasteiger partial charge in [-0.05, 0) is 19.8 Å². The van der Waals surface area contributed by atoms with Crippen LogP contribution in [0.4, 0.5) is 13.2 Å². The Labute approximate surface area is 75.2 Å². The third-order valence-electron chi connectivity index (χ3n) is 2.06. The van der Waals surface area contributed by atoms with Crippen LogP contribution in [0.5, 0.6) is 0 Å².